The second-order valence-electron chi connectivity index (χ2n) is 16.9. The molecule has 0 bridgehead atoms. The van der Waals surface area contributed by atoms with Crippen LogP contribution in [0.25, 0.3) is 0 Å². The molecule has 0 radical (unpaired) electrons. The smallest absolute Gasteiger partial charge is 0.220 e. The van der Waals surface area contributed by atoms with E-state index in [-0.39, 0.29) is 12.5 Å². The summed E-state index contributed by atoms with van der Waals surface area (Å²) < 4.78 is 11.1. The van der Waals surface area contributed by atoms with Gasteiger partial charge >= 0.3 is 0 Å². The van der Waals surface area contributed by atoms with Crippen LogP contribution in [0.15, 0.2) is 109 Å². The highest BCUT2D eigenvalue weighted by Gasteiger charge is 2.44. The van der Waals surface area contributed by atoms with E-state index in [1.807, 2.05) is 6.08 Å². The van der Waals surface area contributed by atoms with Crippen molar-refractivity contribution in [3.05, 3.63) is 109 Å². The van der Waals surface area contributed by atoms with E-state index in [2.05, 4.69) is 116 Å². The first-order valence-electron chi connectivity index (χ1n) is 25.1. The molecule has 1 aliphatic rings. The van der Waals surface area contributed by atoms with Gasteiger partial charge in [-0.1, -0.05) is 194 Å². The fourth-order valence-corrected chi connectivity index (χ4v) is 7.11. The van der Waals surface area contributed by atoms with Crippen LogP contribution in [-0.4, -0.2) is 87.5 Å². The highest BCUT2D eigenvalue weighted by Crippen LogP contribution is 2.22. The van der Waals surface area contributed by atoms with Crippen LogP contribution in [0.2, 0.25) is 0 Å². The van der Waals surface area contributed by atoms with Gasteiger partial charge in [-0.05, 0) is 83.5 Å². The molecule has 1 aliphatic heterocycles. The molecule has 0 aromatic rings. The fourth-order valence-electron chi connectivity index (χ4n) is 7.11. The minimum atomic E-state index is -1.57. The van der Waals surface area contributed by atoms with Crippen molar-refractivity contribution in [2.45, 2.75) is 217 Å². The summed E-state index contributed by atoms with van der Waals surface area (Å²) in [6.07, 6.45) is 57.6. The standard InChI is InChI=1S/C55H91NO8/c1-3-5-7-9-11-12-13-14-15-16-17-18-19-20-21-22-23-24-25-26-27-28-29-30-31-32-33-34-35-36-37-38-39-41-43-45-51(59)56-48(49(58)44-42-40-10-8-6-4-2)47-63-55-54(62)53(61)52(60)50(46-57)64-55/h5,7,11-12,14-15,17-18,20-21,23-24,26-27,29-30,42,44,48-50,52-55,57-58,60-62H,3-4,6,8-10,13,16,19,22,25,28,31-41,43,45-47H2,1-2H3,(H,56,59)/b7-5-,12-11-,15-14-,18-17-,21-20-,24-23-,27-26-,30-29-,44-42+. The average Bonchev–Trinajstić information content (AvgIpc) is 3.29. The third-order valence-electron chi connectivity index (χ3n) is 11.1. The van der Waals surface area contributed by atoms with Crippen LogP contribution in [0.5, 0.6) is 0 Å². The normalized spacial score (nSPS) is 21.0. The van der Waals surface area contributed by atoms with E-state index in [1.165, 1.54) is 38.5 Å². The monoisotopic (exact) mass is 894 g/mol. The highest BCUT2D eigenvalue weighted by atomic mass is 16.7. The second-order valence-corrected chi connectivity index (χ2v) is 16.9. The van der Waals surface area contributed by atoms with Crippen molar-refractivity contribution in [3.8, 4) is 0 Å². The number of amides is 1. The van der Waals surface area contributed by atoms with E-state index in [9.17, 15) is 30.3 Å². The Hall–Kier alpha value is -3.15. The maximum Gasteiger partial charge on any atom is 0.220 e. The quantitative estimate of drug-likeness (QED) is 0.0263. The topological polar surface area (TPSA) is 149 Å². The van der Waals surface area contributed by atoms with Gasteiger partial charge in [-0.3, -0.25) is 4.79 Å². The molecule has 1 heterocycles. The van der Waals surface area contributed by atoms with Crippen molar-refractivity contribution in [1.29, 1.82) is 0 Å². The van der Waals surface area contributed by atoms with Crippen molar-refractivity contribution in [2.24, 2.45) is 0 Å². The predicted octanol–water partition coefficient (Wildman–Crippen LogP) is 11.4. The lowest BCUT2D eigenvalue weighted by molar-refractivity contribution is -0.302. The van der Waals surface area contributed by atoms with Crippen molar-refractivity contribution < 1.29 is 39.8 Å². The third kappa shape index (κ3) is 33.3. The van der Waals surface area contributed by atoms with Gasteiger partial charge in [0.1, 0.15) is 24.4 Å². The zero-order valence-electron chi connectivity index (χ0n) is 40.0. The number of aliphatic hydroxyl groups excluding tert-OH is 5. The first-order valence-corrected chi connectivity index (χ1v) is 25.1. The van der Waals surface area contributed by atoms with Crippen LogP contribution >= 0.6 is 0 Å². The highest BCUT2D eigenvalue weighted by molar-refractivity contribution is 5.76. The largest absolute Gasteiger partial charge is 0.394 e. The molecule has 0 spiro atoms. The molecule has 1 saturated heterocycles. The van der Waals surface area contributed by atoms with E-state index in [1.54, 1.807) is 6.08 Å². The molecule has 9 heteroatoms. The Morgan fingerprint density at radius 1 is 0.547 bits per heavy atom. The van der Waals surface area contributed by atoms with Crippen LogP contribution in [0.1, 0.15) is 174 Å². The lowest BCUT2D eigenvalue weighted by atomic mass is 9.99. The first-order chi connectivity index (χ1) is 31.3. The summed E-state index contributed by atoms with van der Waals surface area (Å²) in [5.74, 6) is -0.194. The number of hydrogen-bond donors (Lipinski definition) is 6. The molecular formula is C55H91NO8. The minimum absolute atomic E-state index is 0.194. The van der Waals surface area contributed by atoms with Crippen molar-refractivity contribution in [2.75, 3.05) is 13.2 Å². The number of carbonyl (C=O) groups is 1. The van der Waals surface area contributed by atoms with E-state index < -0.39 is 49.5 Å². The lowest BCUT2D eigenvalue weighted by Gasteiger charge is -2.40. The number of aliphatic hydroxyl groups is 5. The molecule has 0 saturated carbocycles. The number of unbranched alkanes of at least 4 members (excludes halogenated alkanes) is 14. The fraction of sp³-hybridized carbons (Fsp3) is 0.655. The van der Waals surface area contributed by atoms with Crippen LogP contribution in [-0.2, 0) is 14.3 Å². The van der Waals surface area contributed by atoms with Crippen LogP contribution < -0.4 is 5.32 Å². The Balaban J connectivity index is 2.10. The van der Waals surface area contributed by atoms with E-state index >= 15 is 0 Å². The maximum atomic E-state index is 12.9. The number of rotatable bonds is 40. The molecule has 6 N–H and O–H groups in total. The summed E-state index contributed by atoms with van der Waals surface area (Å²) in [7, 11) is 0. The molecule has 9 nitrogen and oxygen atoms in total. The molecule has 364 valence electrons. The Bertz CT molecular complexity index is 1360. The Morgan fingerprint density at radius 3 is 1.44 bits per heavy atom. The third-order valence-corrected chi connectivity index (χ3v) is 11.1. The Labute approximate surface area is 389 Å². The van der Waals surface area contributed by atoms with Gasteiger partial charge < -0.3 is 40.3 Å². The zero-order chi connectivity index (χ0) is 46.6. The van der Waals surface area contributed by atoms with E-state index in [0.717, 1.165) is 116 Å². The van der Waals surface area contributed by atoms with Gasteiger partial charge in [0.05, 0.1) is 25.4 Å². The van der Waals surface area contributed by atoms with Crippen LogP contribution in [0.4, 0.5) is 0 Å². The molecule has 1 fully saturated rings. The molecule has 0 aromatic carbocycles. The molecule has 7 atom stereocenters. The summed E-state index contributed by atoms with van der Waals surface area (Å²) in [6.45, 7) is 3.55. The van der Waals surface area contributed by atoms with Crippen molar-refractivity contribution >= 4 is 5.91 Å². The number of ether oxygens (including phenoxy) is 2. The molecule has 64 heavy (non-hydrogen) atoms. The number of carbonyl (C=O) groups excluding carboxylic acids is 1. The first kappa shape index (κ1) is 58.9. The van der Waals surface area contributed by atoms with Crippen LogP contribution in [0, 0.1) is 0 Å². The summed E-state index contributed by atoms with van der Waals surface area (Å²) in [5.41, 5.74) is 0. The summed E-state index contributed by atoms with van der Waals surface area (Å²) in [4.78, 5) is 12.9. The minimum Gasteiger partial charge on any atom is -0.394 e. The zero-order valence-corrected chi connectivity index (χ0v) is 40.0. The van der Waals surface area contributed by atoms with Crippen LogP contribution in [0.3, 0.4) is 0 Å². The van der Waals surface area contributed by atoms with Gasteiger partial charge in [-0.15, -0.1) is 0 Å². The second kappa shape index (κ2) is 43.7. The van der Waals surface area contributed by atoms with Gasteiger partial charge in [-0.2, -0.15) is 0 Å². The Kier molecular flexibility index (Phi) is 40.2. The maximum absolute atomic E-state index is 12.9. The van der Waals surface area contributed by atoms with Gasteiger partial charge in [0.15, 0.2) is 6.29 Å². The summed E-state index contributed by atoms with van der Waals surface area (Å²) in [6, 6.07) is -0.810. The lowest BCUT2D eigenvalue weighted by Crippen LogP contribution is -2.60. The number of hydrogen-bond acceptors (Lipinski definition) is 8. The molecule has 7 unspecified atom stereocenters. The molecule has 0 aliphatic carbocycles. The Morgan fingerprint density at radius 2 is 0.969 bits per heavy atom. The summed E-state index contributed by atoms with van der Waals surface area (Å²) >= 11 is 0. The molecular weight excluding hydrogens is 803 g/mol. The predicted molar refractivity (Wildman–Crippen MR) is 267 cm³/mol. The number of nitrogens with one attached hydrogen (secondary N) is 1. The number of allylic oxidation sites excluding steroid dienone is 17. The summed E-state index contributed by atoms with van der Waals surface area (Å²) in [5, 5.41) is 53.8. The van der Waals surface area contributed by atoms with Crippen molar-refractivity contribution in [1.82, 2.24) is 5.32 Å². The van der Waals surface area contributed by atoms with E-state index in [0.29, 0.717) is 6.42 Å². The van der Waals surface area contributed by atoms with Gasteiger partial charge in [0, 0.05) is 6.42 Å². The van der Waals surface area contributed by atoms with Crippen molar-refractivity contribution in [3.63, 3.8) is 0 Å². The molecule has 1 amide bonds. The van der Waals surface area contributed by atoms with E-state index in [4.69, 9.17) is 9.47 Å². The molecule has 0 aromatic heterocycles. The average molecular weight is 894 g/mol. The van der Waals surface area contributed by atoms with Gasteiger partial charge in [0.25, 0.3) is 0 Å². The van der Waals surface area contributed by atoms with Gasteiger partial charge in [0.2, 0.25) is 5.91 Å². The van der Waals surface area contributed by atoms with Gasteiger partial charge in [-0.25, -0.2) is 0 Å². The molecule has 1 rings (SSSR count). The SMILES string of the molecule is CC/C=C\C/C=C\C/C=C\C/C=C\C/C=C\C/C=C\C/C=C\C/C=C\CCCCCCCCCCCCC(=O)NC(COC1OC(CO)C(O)C(O)C1O)C(O)/C=C/CCCCCC.